The van der Waals surface area contributed by atoms with Gasteiger partial charge in [0.15, 0.2) is 0 Å². The van der Waals surface area contributed by atoms with Crippen molar-refractivity contribution >= 4 is 10.9 Å². The molecule has 102 valence electrons. The smallest absolute Gasteiger partial charge is 0.0746 e. The fraction of sp³-hybridized carbons (Fsp3) is 0.250. The molecule has 0 amide bonds. The zero-order valence-corrected chi connectivity index (χ0v) is 11.7. The number of nitrogens with zero attached hydrogens (tertiary/aromatic N) is 3. The molecule has 0 saturated heterocycles. The van der Waals surface area contributed by atoms with Crippen molar-refractivity contribution in [3.63, 3.8) is 0 Å². The molecule has 20 heavy (non-hydrogen) atoms. The van der Waals surface area contributed by atoms with Crippen LogP contribution in [0.15, 0.2) is 48.8 Å². The van der Waals surface area contributed by atoms with Crippen molar-refractivity contribution in [2.45, 2.75) is 19.5 Å². The van der Waals surface area contributed by atoms with Crippen molar-refractivity contribution in [2.24, 2.45) is 0 Å². The molecule has 2 aromatic heterocycles. The van der Waals surface area contributed by atoms with Crippen molar-refractivity contribution in [3.8, 4) is 0 Å². The molecular formula is C16H18N4. The first-order valence-electron chi connectivity index (χ1n) is 6.87. The Balaban J connectivity index is 2.07. The van der Waals surface area contributed by atoms with E-state index in [4.69, 9.17) is 0 Å². The second kappa shape index (κ2) is 5.43. The van der Waals surface area contributed by atoms with E-state index in [2.05, 4.69) is 52.7 Å². The van der Waals surface area contributed by atoms with Crippen LogP contribution in [0.2, 0.25) is 0 Å². The summed E-state index contributed by atoms with van der Waals surface area (Å²) in [5.74, 6) is 0. The van der Waals surface area contributed by atoms with Crippen molar-refractivity contribution in [1.82, 2.24) is 20.1 Å². The third-order valence-electron chi connectivity index (χ3n) is 3.59. The van der Waals surface area contributed by atoms with Gasteiger partial charge in [-0.15, -0.1) is 0 Å². The monoisotopic (exact) mass is 266 g/mol. The predicted octanol–water partition coefficient (Wildman–Crippen LogP) is 2.76. The van der Waals surface area contributed by atoms with Crippen LogP contribution in [-0.4, -0.2) is 21.8 Å². The Hall–Kier alpha value is -2.20. The number of nitrogens with one attached hydrogen (secondary N) is 1. The second-order valence-corrected chi connectivity index (χ2v) is 4.75. The number of hydrogen-bond donors (Lipinski definition) is 1. The van der Waals surface area contributed by atoms with Gasteiger partial charge < -0.3 is 5.32 Å². The van der Waals surface area contributed by atoms with Crippen LogP contribution in [0.3, 0.4) is 0 Å². The summed E-state index contributed by atoms with van der Waals surface area (Å²) in [6, 6.07) is 12.7. The fourth-order valence-electron chi connectivity index (χ4n) is 2.61. The Morgan fingerprint density at radius 2 is 2.10 bits per heavy atom. The minimum Gasteiger partial charge on any atom is -0.308 e. The molecule has 0 fully saturated rings. The molecule has 1 unspecified atom stereocenters. The first-order valence-corrected chi connectivity index (χ1v) is 6.87. The molecule has 2 heterocycles. The van der Waals surface area contributed by atoms with Gasteiger partial charge >= 0.3 is 0 Å². The summed E-state index contributed by atoms with van der Waals surface area (Å²) in [5.41, 5.74) is 3.43. The minimum absolute atomic E-state index is 0.141. The Labute approximate surface area is 118 Å². The molecule has 0 spiro atoms. The number of aromatic nitrogens is 3. The van der Waals surface area contributed by atoms with Crippen molar-refractivity contribution < 1.29 is 0 Å². The van der Waals surface area contributed by atoms with E-state index in [-0.39, 0.29) is 6.04 Å². The SMILES string of the molecule is CCn1nccc1C(NC)c1ccc2ncccc2c1. The maximum Gasteiger partial charge on any atom is 0.0746 e. The zero-order chi connectivity index (χ0) is 13.9. The number of hydrogen-bond acceptors (Lipinski definition) is 3. The fourth-order valence-corrected chi connectivity index (χ4v) is 2.61. The van der Waals surface area contributed by atoms with E-state index in [0.29, 0.717) is 0 Å². The lowest BCUT2D eigenvalue weighted by atomic mass is 10.0. The molecule has 0 saturated carbocycles. The van der Waals surface area contributed by atoms with Crippen LogP contribution in [-0.2, 0) is 6.54 Å². The van der Waals surface area contributed by atoms with Gasteiger partial charge in [0.05, 0.1) is 17.3 Å². The summed E-state index contributed by atoms with van der Waals surface area (Å²) in [4.78, 5) is 4.37. The summed E-state index contributed by atoms with van der Waals surface area (Å²) >= 11 is 0. The number of aryl methyl sites for hydroxylation is 1. The molecular weight excluding hydrogens is 248 g/mol. The molecule has 0 radical (unpaired) electrons. The molecule has 0 aliphatic carbocycles. The molecule has 0 aliphatic heterocycles. The number of fused-ring (bicyclic) bond motifs is 1. The van der Waals surface area contributed by atoms with Crippen molar-refractivity contribution in [1.29, 1.82) is 0 Å². The Morgan fingerprint density at radius 1 is 1.20 bits per heavy atom. The Morgan fingerprint density at radius 3 is 2.90 bits per heavy atom. The van der Waals surface area contributed by atoms with Crippen LogP contribution in [0.25, 0.3) is 10.9 Å². The number of benzene rings is 1. The third-order valence-corrected chi connectivity index (χ3v) is 3.59. The highest BCUT2D eigenvalue weighted by molar-refractivity contribution is 5.79. The average Bonchev–Trinajstić information content (AvgIpc) is 2.96. The molecule has 4 heteroatoms. The second-order valence-electron chi connectivity index (χ2n) is 4.75. The molecule has 3 aromatic rings. The van der Waals surface area contributed by atoms with Crippen LogP contribution >= 0.6 is 0 Å². The van der Waals surface area contributed by atoms with E-state index in [1.165, 1.54) is 11.3 Å². The van der Waals surface area contributed by atoms with Gasteiger partial charge in [0.25, 0.3) is 0 Å². The first kappa shape index (κ1) is 12.8. The summed E-state index contributed by atoms with van der Waals surface area (Å²) in [6.45, 7) is 2.98. The minimum atomic E-state index is 0.141. The van der Waals surface area contributed by atoms with Gasteiger partial charge in [0, 0.05) is 24.3 Å². The van der Waals surface area contributed by atoms with Gasteiger partial charge in [0.1, 0.15) is 0 Å². The van der Waals surface area contributed by atoms with E-state index in [1.54, 1.807) is 0 Å². The highest BCUT2D eigenvalue weighted by atomic mass is 15.3. The standard InChI is InChI=1S/C16H18N4/c1-3-20-15(8-10-19-20)16(17-2)13-6-7-14-12(11-13)5-4-9-18-14/h4-11,16-17H,3H2,1-2H3. The summed E-state index contributed by atoms with van der Waals surface area (Å²) in [7, 11) is 1.98. The first-order chi connectivity index (χ1) is 9.83. The highest BCUT2D eigenvalue weighted by Gasteiger charge is 2.16. The van der Waals surface area contributed by atoms with Crippen LogP contribution in [0.4, 0.5) is 0 Å². The molecule has 1 N–H and O–H groups in total. The topological polar surface area (TPSA) is 42.7 Å². The van der Waals surface area contributed by atoms with E-state index < -0.39 is 0 Å². The summed E-state index contributed by atoms with van der Waals surface area (Å²) in [6.07, 6.45) is 3.68. The molecule has 4 nitrogen and oxygen atoms in total. The Kier molecular flexibility index (Phi) is 3.48. The van der Waals surface area contributed by atoms with E-state index in [0.717, 1.165) is 17.4 Å². The molecule has 0 aliphatic rings. The van der Waals surface area contributed by atoms with E-state index in [1.807, 2.05) is 30.2 Å². The molecule has 3 rings (SSSR count). The van der Waals surface area contributed by atoms with Crippen LogP contribution in [0, 0.1) is 0 Å². The summed E-state index contributed by atoms with van der Waals surface area (Å²) in [5, 5.41) is 8.89. The quantitative estimate of drug-likeness (QED) is 0.789. The predicted molar refractivity (Wildman–Crippen MR) is 80.5 cm³/mol. The van der Waals surface area contributed by atoms with Gasteiger partial charge in [-0.1, -0.05) is 12.1 Å². The maximum atomic E-state index is 4.37. The van der Waals surface area contributed by atoms with Gasteiger partial charge in [-0.05, 0) is 43.8 Å². The van der Waals surface area contributed by atoms with Gasteiger partial charge in [-0.3, -0.25) is 9.67 Å². The van der Waals surface area contributed by atoms with Crippen LogP contribution in [0.5, 0.6) is 0 Å². The van der Waals surface area contributed by atoms with E-state index >= 15 is 0 Å². The van der Waals surface area contributed by atoms with Gasteiger partial charge in [-0.25, -0.2) is 0 Å². The average molecular weight is 266 g/mol. The number of rotatable bonds is 4. The summed E-state index contributed by atoms with van der Waals surface area (Å²) < 4.78 is 2.02. The largest absolute Gasteiger partial charge is 0.308 e. The molecule has 1 aromatic carbocycles. The lowest BCUT2D eigenvalue weighted by molar-refractivity contribution is 0.563. The normalized spacial score (nSPS) is 12.7. The van der Waals surface area contributed by atoms with Crippen molar-refractivity contribution in [3.05, 3.63) is 60.0 Å². The maximum absolute atomic E-state index is 4.37. The molecule has 1 atom stereocenters. The van der Waals surface area contributed by atoms with Crippen molar-refractivity contribution in [2.75, 3.05) is 7.05 Å². The number of pyridine rings is 1. The highest BCUT2D eigenvalue weighted by Crippen LogP contribution is 2.24. The molecule has 0 bridgehead atoms. The zero-order valence-electron chi connectivity index (χ0n) is 11.7. The third kappa shape index (κ3) is 2.18. The van der Waals surface area contributed by atoms with E-state index in [9.17, 15) is 0 Å². The Bertz CT molecular complexity index is 717. The van der Waals surface area contributed by atoms with Crippen LogP contribution in [0.1, 0.15) is 24.2 Å². The van der Waals surface area contributed by atoms with Crippen LogP contribution < -0.4 is 5.32 Å². The lowest BCUT2D eigenvalue weighted by Gasteiger charge is -2.18. The van der Waals surface area contributed by atoms with Gasteiger partial charge in [0.2, 0.25) is 0 Å². The lowest BCUT2D eigenvalue weighted by Crippen LogP contribution is -2.21. The van der Waals surface area contributed by atoms with Gasteiger partial charge in [-0.2, -0.15) is 5.10 Å².